The third-order valence-electron chi connectivity index (χ3n) is 5.79. The van der Waals surface area contributed by atoms with Crippen molar-refractivity contribution in [3.8, 4) is 0 Å². The summed E-state index contributed by atoms with van der Waals surface area (Å²) in [5.41, 5.74) is 1.10. The number of rotatable bonds is 5. The maximum absolute atomic E-state index is 12.8. The van der Waals surface area contributed by atoms with Crippen molar-refractivity contribution in [3.05, 3.63) is 44.9 Å². The van der Waals surface area contributed by atoms with Gasteiger partial charge in [-0.15, -0.1) is 11.3 Å². The molecule has 1 fully saturated rings. The van der Waals surface area contributed by atoms with E-state index < -0.39 is 10.0 Å². The Hall–Kier alpha value is -1.79. The molecule has 8 nitrogen and oxygen atoms in total. The van der Waals surface area contributed by atoms with E-state index in [0.29, 0.717) is 29.7 Å². The average molecular weight is 478 g/mol. The summed E-state index contributed by atoms with van der Waals surface area (Å²) in [6.45, 7) is 2.43. The van der Waals surface area contributed by atoms with E-state index in [1.54, 1.807) is 23.5 Å². The van der Waals surface area contributed by atoms with Crippen LogP contribution in [0.5, 0.6) is 0 Å². The number of pyridine rings is 1. The molecular weight excluding hydrogens is 454 g/mol. The highest BCUT2D eigenvalue weighted by Crippen LogP contribution is 2.34. The predicted octanol–water partition coefficient (Wildman–Crippen LogP) is 2.10. The quantitative estimate of drug-likeness (QED) is 0.562. The third kappa shape index (κ3) is 4.05. The number of sulfonamides is 1. The van der Waals surface area contributed by atoms with Gasteiger partial charge in [0, 0.05) is 37.3 Å². The molecule has 0 saturated carbocycles. The number of aromatic nitrogens is 3. The van der Waals surface area contributed by atoms with Gasteiger partial charge >= 0.3 is 0 Å². The molecule has 0 aromatic carbocycles. The molecule has 0 amide bonds. The summed E-state index contributed by atoms with van der Waals surface area (Å²) in [4.78, 5) is 28.9. The van der Waals surface area contributed by atoms with Crippen LogP contribution in [0.3, 0.4) is 0 Å². The van der Waals surface area contributed by atoms with Crippen molar-refractivity contribution in [1.82, 2.24) is 24.2 Å². The normalized spacial score (nSPS) is 18.0. The maximum Gasteiger partial charge on any atom is 0.259 e. The van der Waals surface area contributed by atoms with Crippen LogP contribution < -0.4 is 5.56 Å². The number of nitrogens with one attached hydrogen (secondary N) is 1. The lowest BCUT2D eigenvalue weighted by atomic mass is 10.2. The number of H-pyrrole nitrogens is 1. The summed E-state index contributed by atoms with van der Waals surface area (Å²) in [7, 11) is -1.53. The zero-order valence-corrected chi connectivity index (χ0v) is 19.6. The molecule has 0 bridgehead atoms. The Morgan fingerprint density at radius 1 is 1.19 bits per heavy atom. The number of hydrogen-bond donors (Lipinski definition) is 1. The van der Waals surface area contributed by atoms with Gasteiger partial charge in [0.2, 0.25) is 10.0 Å². The largest absolute Gasteiger partial charge is 0.309 e. The van der Waals surface area contributed by atoms with E-state index in [1.807, 2.05) is 7.05 Å². The summed E-state index contributed by atoms with van der Waals surface area (Å²) in [5.74, 6) is 1.07. The molecule has 5 rings (SSSR count). The van der Waals surface area contributed by atoms with Gasteiger partial charge in [-0.2, -0.15) is 4.31 Å². The predicted molar refractivity (Wildman–Crippen MR) is 122 cm³/mol. The first-order valence-corrected chi connectivity index (χ1v) is 13.5. The smallest absolute Gasteiger partial charge is 0.259 e. The molecule has 1 aliphatic carbocycles. The van der Waals surface area contributed by atoms with Crippen LogP contribution in [0, 0.1) is 0 Å². The van der Waals surface area contributed by atoms with E-state index in [0.717, 1.165) is 42.6 Å². The van der Waals surface area contributed by atoms with E-state index in [1.165, 1.54) is 32.7 Å². The fourth-order valence-electron chi connectivity index (χ4n) is 4.04. The molecule has 164 valence electrons. The Morgan fingerprint density at radius 2 is 2.00 bits per heavy atom. The van der Waals surface area contributed by atoms with Crippen LogP contribution in [0.4, 0.5) is 0 Å². The Morgan fingerprint density at radius 3 is 2.74 bits per heavy atom. The molecule has 0 unspecified atom stereocenters. The highest BCUT2D eigenvalue weighted by molar-refractivity contribution is 7.98. The van der Waals surface area contributed by atoms with E-state index in [4.69, 9.17) is 0 Å². The number of piperazine rings is 1. The van der Waals surface area contributed by atoms with Crippen LogP contribution in [0.1, 0.15) is 22.7 Å². The molecule has 3 aromatic rings. The minimum Gasteiger partial charge on any atom is -0.309 e. The van der Waals surface area contributed by atoms with E-state index in [-0.39, 0.29) is 10.5 Å². The van der Waals surface area contributed by atoms with Crippen molar-refractivity contribution in [2.45, 2.75) is 34.9 Å². The molecule has 0 atom stereocenters. The first-order valence-electron chi connectivity index (χ1n) is 10.2. The SMILES string of the molecule is CN1CCN(S(=O)(=O)c2ccc(SCc3nc4sc5c(c4c(=O)[nH]3)CCC5)nc2)CC1. The second kappa shape index (κ2) is 8.28. The lowest BCUT2D eigenvalue weighted by molar-refractivity contribution is 0.222. The van der Waals surface area contributed by atoms with Gasteiger partial charge in [0.1, 0.15) is 15.6 Å². The second-order valence-electron chi connectivity index (χ2n) is 7.88. The zero-order chi connectivity index (χ0) is 21.6. The molecule has 1 saturated heterocycles. The molecular formula is C20H23N5O3S3. The topological polar surface area (TPSA) is 99.3 Å². The van der Waals surface area contributed by atoms with Crippen molar-refractivity contribution in [2.24, 2.45) is 0 Å². The molecule has 1 N–H and O–H groups in total. The van der Waals surface area contributed by atoms with Crippen molar-refractivity contribution in [3.63, 3.8) is 0 Å². The highest BCUT2D eigenvalue weighted by atomic mass is 32.2. The minimum absolute atomic E-state index is 0.0680. The Balaban J connectivity index is 1.29. The Labute approximate surface area is 188 Å². The van der Waals surface area contributed by atoms with Gasteiger partial charge in [-0.3, -0.25) is 4.79 Å². The van der Waals surface area contributed by atoms with Crippen LogP contribution in [0.15, 0.2) is 33.0 Å². The molecule has 1 aliphatic heterocycles. The number of fused-ring (bicyclic) bond motifs is 3. The van der Waals surface area contributed by atoms with Gasteiger partial charge in [-0.25, -0.2) is 18.4 Å². The molecule has 3 aromatic heterocycles. The minimum atomic E-state index is -3.52. The number of aryl methyl sites for hydroxylation is 2. The molecule has 11 heteroatoms. The lowest BCUT2D eigenvalue weighted by Crippen LogP contribution is -2.47. The average Bonchev–Trinajstić information content (AvgIpc) is 3.34. The number of nitrogens with zero attached hydrogens (tertiary/aromatic N) is 4. The molecule has 0 radical (unpaired) electrons. The number of thiophene rings is 1. The third-order valence-corrected chi connectivity index (χ3v) is 9.81. The van der Waals surface area contributed by atoms with Crippen molar-refractivity contribution < 1.29 is 8.42 Å². The molecule has 2 aliphatic rings. The summed E-state index contributed by atoms with van der Waals surface area (Å²) in [6.07, 6.45) is 4.52. The molecule has 0 spiro atoms. The van der Waals surface area contributed by atoms with Crippen molar-refractivity contribution in [2.75, 3.05) is 33.2 Å². The summed E-state index contributed by atoms with van der Waals surface area (Å²) in [5, 5.41) is 1.44. The lowest BCUT2D eigenvalue weighted by Gasteiger charge is -2.31. The van der Waals surface area contributed by atoms with E-state index in [2.05, 4.69) is 19.9 Å². The van der Waals surface area contributed by atoms with Crippen molar-refractivity contribution in [1.29, 1.82) is 0 Å². The molecule has 4 heterocycles. The summed E-state index contributed by atoms with van der Waals surface area (Å²) >= 11 is 3.05. The van der Waals surface area contributed by atoms with Crippen LogP contribution >= 0.6 is 23.1 Å². The van der Waals surface area contributed by atoms with Gasteiger partial charge < -0.3 is 9.88 Å². The van der Waals surface area contributed by atoms with Gasteiger partial charge in [0.05, 0.1) is 16.2 Å². The van der Waals surface area contributed by atoms with Gasteiger partial charge in [0.25, 0.3) is 5.56 Å². The standard InChI is InChI=1S/C20H23N5O3S3/c1-24-7-9-25(10-8-24)31(27,28)13-5-6-17(21-11-13)29-12-16-22-19(26)18-14-3-2-4-15(14)30-20(18)23-16/h5-6,11H,2-4,7-10,12H2,1H3,(H,22,23,26). The van der Waals surface area contributed by atoms with Crippen LogP contribution in [0.2, 0.25) is 0 Å². The van der Waals surface area contributed by atoms with Crippen LogP contribution in [0.25, 0.3) is 10.2 Å². The first kappa shape index (κ1) is 21.1. The second-order valence-corrected chi connectivity index (χ2v) is 11.9. The number of aromatic amines is 1. The van der Waals surface area contributed by atoms with Gasteiger partial charge in [-0.1, -0.05) is 11.8 Å². The Kier molecular flexibility index (Phi) is 5.63. The first-order chi connectivity index (χ1) is 14.9. The van der Waals surface area contributed by atoms with Gasteiger partial charge in [-0.05, 0) is 44.0 Å². The van der Waals surface area contributed by atoms with E-state index >= 15 is 0 Å². The van der Waals surface area contributed by atoms with Crippen LogP contribution in [-0.4, -0.2) is 65.8 Å². The Bertz CT molecular complexity index is 1280. The highest BCUT2D eigenvalue weighted by Gasteiger charge is 2.27. The van der Waals surface area contributed by atoms with Crippen molar-refractivity contribution >= 4 is 43.3 Å². The summed E-state index contributed by atoms with van der Waals surface area (Å²) in [6, 6.07) is 3.32. The number of likely N-dealkylation sites (N-methyl/N-ethyl adjacent to an activating group) is 1. The molecule has 31 heavy (non-hydrogen) atoms. The fraction of sp³-hybridized carbons (Fsp3) is 0.450. The number of thioether (sulfide) groups is 1. The zero-order valence-electron chi connectivity index (χ0n) is 17.1. The fourth-order valence-corrected chi connectivity index (χ4v) is 7.40. The number of hydrogen-bond acceptors (Lipinski definition) is 8. The summed E-state index contributed by atoms with van der Waals surface area (Å²) < 4.78 is 27.1. The monoisotopic (exact) mass is 477 g/mol. The van der Waals surface area contributed by atoms with E-state index in [9.17, 15) is 13.2 Å². The maximum atomic E-state index is 12.8. The van der Waals surface area contributed by atoms with Gasteiger partial charge in [0.15, 0.2) is 0 Å². The van der Waals surface area contributed by atoms with Crippen LogP contribution in [-0.2, 0) is 28.6 Å².